The van der Waals surface area contributed by atoms with Gasteiger partial charge in [-0.3, -0.25) is 10.1 Å². The van der Waals surface area contributed by atoms with Gasteiger partial charge in [-0.25, -0.2) is 4.79 Å². The molecule has 2 aliphatic heterocycles. The second-order valence-electron chi connectivity index (χ2n) is 6.22. The summed E-state index contributed by atoms with van der Waals surface area (Å²) in [5.41, 5.74) is -0.707. The zero-order valence-electron chi connectivity index (χ0n) is 12.5. The molecule has 3 aliphatic rings. The molecule has 1 saturated carbocycles. The molecule has 22 heavy (non-hydrogen) atoms. The maximum atomic E-state index is 12.2. The van der Waals surface area contributed by atoms with E-state index in [1.807, 2.05) is 11.8 Å². The number of carbonyl (C=O) groups excluding carboxylic acids is 2. The van der Waals surface area contributed by atoms with Gasteiger partial charge >= 0.3 is 12.0 Å². The van der Waals surface area contributed by atoms with Crippen LogP contribution >= 0.6 is 0 Å². The average molecular weight is 305 g/mol. The highest BCUT2D eigenvalue weighted by Crippen LogP contribution is 2.40. The van der Waals surface area contributed by atoms with E-state index in [0.717, 1.165) is 18.7 Å². The van der Waals surface area contributed by atoms with Crippen molar-refractivity contribution >= 4 is 18.0 Å². The lowest BCUT2D eigenvalue weighted by molar-refractivity contribution is -0.127. The summed E-state index contributed by atoms with van der Waals surface area (Å²) in [6.45, 7) is 3.68. The van der Waals surface area contributed by atoms with Crippen molar-refractivity contribution in [2.75, 3.05) is 24.5 Å². The van der Waals surface area contributed by atoms with Gasteiger partial charge in [0.25, 0.3) is 5.91 Å². The van der Waals surface area contributed by atoms with Gasteiger partial charge in [-0.05, 0) is 32.6 Å². The van der Waals surface area contributed by atoms with Crippen LogP contribution in [0.4, 0.5) is 10.8 Å². The number of aromatic nitrogens is 2. The highest BCUT2D eigenvalue weighted by molar-refractivity contribution is 6.07. The van der Waals surface area contributed by atoms with Crippen LogP contribution in [0.1, 0.15) is 44.4 Å². The molecule has 1 aliphatic carbocycles. The molecule has 1 aromatic rings. The second kappa shape index (κ2) is 4.69. The molecule has 2 saturated heterocycles. The molecule has 4 rings (SSSR count). The monoisotopic (exact) mass is 305 g/mol. The number of likely N-dealkylation sites (N-methyl/N-ethyl adjacent to an activating group) is 1. The Kier molecular flexibility index (Phi) is 2.88. The van der Waals surface area contributed by atoms with Gasteiger partial charge in [0.15, 0.2) is 0 Å². The minimum atomic E-state index is -0.707. The summed E-state index contributed by atoms with van der Waals surface area (Å²) in [5.74, 6) is 0.980. The van der Waals surface area contributed by atoms with Crippen LogP contribution in [0, 0.1) is 0 Å². The molecule has 3 heterocycles. The first-order chi connectivity index (χ1) is 10.6. The molecule has 0 radical (unpaired) electrons. The van der Waals surface area contributed by atoms with E-state index in [2.05, 4.69) is 15.5 Å². The van der Waals surface area contributed by atoms with Crippen molar-refractivity contribution in [3.8, 4) is 0 Å². The van der Waals surface area contributed by atoms with E-state index in [0.29, 0.717) is 44.4 Å². The molecule has 8 nitrogen and oxygen atoms in total. The lowest BCUT2D eigenvalue weighted by atomic mass is 9.86. The van der Waals surface area contributed by atoms with E-state index >= 15 is 0 Å². The Morgan fingerprint density at radius 2 is 2.00 bits per heavy atom. The summed E-state index contributed by atoms with van der Waals surface area (Å²) in [4.78, 5) is 27.8. The fraction of sp³-hybridized carbons (Fsp3) is 0.714. The van der Waals surface area contributed by atoms with Gasteiger partial charge in [0.1, 0.15) is 5.54 Å². The van der Waals surface area contributed by atoms with E-state index in [1.54, 1.807) is 4.90 Å². The van der Waals surface area contributed by atoms with Crippen LogP contribution in [0.25, 0.3) is 0 Å². The zero-order chi connectivity index (χ0) is 15.3. The Labute approximate surface area is 127 Å². The summed E-state index contributed by atoms with van der Waals surface area (Å²) < 4.78 is 5.72. The van der Waals surface area contributed by atoms with Crippen LogP contribution in [0.5, 0.6) is 0 Å². The third-order valence-corrected chi connectivity index (χ3v) is 4.94. The van der Waals surface area contributed by atoms with Gasteiger partial charge in [0.05, 0.1) is 0 Å². The van der Waals surface area contributed by atoms with Crippen LogP contribution in [0.15, 0.2) is 4.42 Å². The molecule has 1 spiro atoms. The number of amides is 3. The second-order valence-corrected chi connectivity index (χ2v) is 6.22. The van der Waals surface area contributed by atoms with Gasteiger partial charge in [-0.15, -0.1) is 5.10 Å². The molecule has 0 bridgehead atoms. The minimum Gasteiger partial charge on any atom is -0.408 e. The van der Waals surface area contributed by atoms with Gasteiger partial charge in [-0.1, -0.05) is 5.10 Å². The van der Waals surface area contributed by atoms with Crippen molar-refractivity contribution in [3.63, 3.8) is 0 Å². The smallest absolute Gasteiger partial charge is 0.325 e. The Balaban J connectivity index is 1.49. The lowest BCUT2D eigenvalue weighted by Crippen LogP contribution is -2.56. The maximum Gasteiger partial charge on any atom is 0.325 e. The quantitative estimate of drug-likeness (QED) is 0.833. The standard InChI is InChI=1S/C14H19N5O3/c1-2-19-12(21)15-11(20)14(19)5-7-18(8-6-14)13-17-16-10(22-13)9-3-4-9/h9H,2-8H2,1H3,(H,15,20,21). The van der Waals surface area contributed by atoms with Crippen molar-refractivity contribution in [1.29, 1.82) is 0 Å². The zero-order valence-corrected chi connectivity index (χ0v) is 12.5. The van der Waals surface area contributed by atoms with E-state index in [-0.39, 0.29) is 11.9 Å². The normalized spacial score (nSPS) is 24.2. The van der Waals surface area contributed by atoms with Crippen molar-refractivity contribution in [2.24, 2.45) is 0 Å². The van der Waals surface area contributed by atoms with Crippen LogP contribution in [-0.4, -0.2) is 52.2 Å². The molecule has 1 N–H and O–H groups in total. The summed E-state index contributed by atoms with van der Waals surface area (Å²) in [6.07, 6.45) is 3.41. The number of carbonyl (C=O) groups is 2. The minimum absolute atomic E-state index is 0.178. The number of piperidine rings is 1. The van der Waals surface area contributed by atoms with E-state index in [1.165, 1.54) is 0 Å². The number of urea groups is 1. The largest absolute Gasteiger partial charge is 0.408 e. The van der Waals surface area contributed by atoms with Crippen LogP contribution in [0.2, 0.25) is 0 Å². The first kappa shape index (κ1) is 13.5. The number of hydrogen-bond donors (Lipinski definition) is 1. The van der Waals surface area contributed by atoms with Crippen molar-refractivity contribution in [3.05, 3.63) is 5.89 Å². The first-order valence-corrected chi connectivity index (χ1v) is 7.85. The number of nitrogens with zero attached hydrogens (tertiary/aromatic N) is 4. The van der Waals surface area contributed by atoms with Crippen LogP contribution in [-0.2, 0) is 4.79 Å². The number of hydrogen-bond acceptors (Lipinski definition) is 6. The Morgan fingerprint density at radius 3 is 2.64 bits per heavy atom. The third kappa shape index (κ3) is 1.89. The van der Waals surface area contributed by atoms with Crippen molar-refractivity contribution in [1.82, 2.24) is 20.4 Å². The van der Waals surface area contributed by atoms with Gasteiger partial charge < -0.3 is 14.2 Å². The van der Waals surface area contributed by atoms with Crippen molar-refractivity contribution in [2.45, 2.75) is 44.1 Å². The Hall–Kier alpha value is -2.12. The third-order valence-electron chi connectivity index (χ3n) is 4.94. The molecule has 0 atom stereocenters. The fourth-order valence-corrected chi connectivity index (χ4v) is 3.46. The molecule has 3 fully saturated rings. The Bertz CT molecular complexity index is 616. The highest BCUT2D eigenvalue weighted by atomic mass is 16.4. The fourth-order valence-electron chi connectivity index (χ4n) is 3.46. The van der Waals surface area contributed by atoms with E-state index in [9.17, 15) is 9.59 Å². The molecule has 118 valence electrons. The lowest BCUT2D eigenvalue weighted by Gasteiger charge is -2.41. The predicted molar refractivity (Wildman–Crippen MR) is 76.4 cm³/mol. The first-order valence-electron chi connectivity index (χ1n) is 7.85. The van der Waals surface area contributed by atoms with Crippen molar-refractivity contribution < 1.29 is 14.0 Å². The number of imide groups is 1. The van der Waals surface area contributed by atoms with Gasteiger partial charge in [0.2, 0.25) is 5.89 Å². The molecular weight excluding hydrogens is 286 g/mol. The summed E-state index contributed by atoms with van der Waals surface area (Å²) in [7, 11) is 0. The number of rotatable bonds is 3. The maximum absolute atomic E-state index is 12.2. The molecule has 0 unspecified atom stereocenters. The van der Waals surface area contributed by atoms with Crippen LogP contribution in [0.3, 0.4) is 0 Å². The average Bonchev–Trinajstić information content (AvgIpc) is 3.20. The summed E-state index contributed by atoms with van der Waals surface area (Å²) in [5, 5.41) is 10.7. The van der Waals surface area contributed by atoms with E-state index in [4.69, 9.17) is 4.42 Å². The van der Waals surface area contributed by atoms with E-state index < -0.39 is 5.54 Å². The SMILES string of the molecule is CCN1C(=O)NC(=O)C12CCN(c1nnc(C3CC3)o1)CC2. The number of anilines is 1. The topological polar surface area (TPSA) is 91.6 Å². The molecule has 1 aromatic heterocycles. The molecule has 0 aromatic carbocycles. The summed E-state index contributed by atoms with van der Waals surface area (Å²) in [6, 6.07) is 0.249. The number of nitrogens with one attached hydrogen (secondary N) is 1. The molecule has 8 heteroatoms. The Morgan fingerprint density at radius 1 is 1.27 bits per heavy atom. The van der Waals surface area contributed by atoms with Gasteiger partial charge in [0, 0.05) is 25.6 Å². The molecular formula is C14H19N5O3. The highest BCUT2D eigenvalue weighted by Gasteiger charge is 2.53. The summed E-state index contributed by atoms with van der Waals surface area (Å²) >= 11 is 0. The predicted octanol–water partition coefficient (Wildman–Crippen LogP) is 0.858. The molecule has 3 amide bonds. The van der Waals surface area contributed by atoms with Crippen LogP contribution < -0.4 is 10.2 Å². The van der Waals surface area contributed by atoms with Gasteiger partial charge in [-0.2, -0.15) is 0 Å².